The molecular weight excluding hydrogens is 331 g/mol. The van der Waals surface area contributed by atoms with Crippen molar-refractivity contribution in [2.45, 2.75) is 0 Å². The summed E-state index contributed by atoms with van der Waals surface area (Å²) in [4.78, 5) is 16.3. The van der Waals surface area contributed by atoms with Gasteiger partial charge in [0.15, 0.2) is 0 Å². The molecule has 0 aromatic heterocycles. The first-order valence-corrected chi connectivity index (χ1v) is 8.39. The zero-order valence-corrected chi connectivity index (χ0v) is 14.2. The van der Waals surface area contributed by atoms with E-state index in [1.165, 1.54) is 18.3 Å². The van der Waals surface area contributed by atoms with Crippen molar-refractivity contribution in [3.63, 3.8) is 0 Å². The summed E-state index contributed by atoms with van der Waals surface area (Å²) in [6.07, 6.45) is 1.45. The number of para-hydroxylation sites is 1. The number of amides is 1. The van der Waals surface area contributed by atoms with E-state index in [0.29, 0.717) is 26.2 Å². The maximum Gasteiger partial charge on any atom is 0.266 e. The molecule has 1 aliphatic rings. The summed E-state index contributed by atoms with van der Waals surface area (Å²) in [5.74, 6) is -0.549. The van der Waals surface area contributed by atoms with Gasteiger partial charge in [-0.05, 0) is 36.4 Å². The molecule has 1 heterocycles. The van der Waals surface area contributed by atoms with E-state index in [0.717, 1.165) is 11.4 Å². The van der Waals surface area contributed by atoms with E-state index in [4.69, 9.17) is 0 Å². The predicted molar refractivity (Wildman–Crippen MR) is 99.0 cm³/mol. The van der Waals surface area contributed by atoms with E-state index < -0.39 is 0 Å². The van der Waals surface area contributed by atoms with Crippen LogP contribution in [0.5, 0.6) is 0 Å². The molecule has 0 atom stereocenters. The SMILES string of the molecule is N#C/C(=C/Nc1ccccc1)C(=O)N1CCN(c2ccc(F)cc2)CC1. The van der Waals surface area contributed by atoms with Crippen LogP contribution in [-0.2, 0) is 4.79 Å². The first-order chi connectivity index (χ1) is 12.7. The lowest BCUT2D eigenvalue weighted by atomic mass is 10.2. The van der Waals surface area contributed by atoms with Crippen molar-refractivity contribution in [3.8, 4) is 6.07 Å². The standard InChI is InChI=1S/C20H19FN4O/c21-17-6-8-19(9-7-17)24-10-12-25(13-11-24)20(26)16(14-22)15-23-18-4-2-1-3-5-18/h1-9,15,23H,10-13H2/b16-15-. The third-order valence-electron chi connectivity index (χ3n) is 4.27. The van der Waals surface area contributed by atoms with Gasteiger partial charge < -0.3 is 15.1 Å². The Morgan fingerprint density at radius 1 is 1.04 bits per heavy atom. The Bertz CT molecular complexity index is 819. The van der Waals surface area contributed by atoms with Crippen LogP contribution in [0.2, 0.25) is 0 Å². The molecule has 0 aliphatic carbocycles. The molecule has 26 heavy (non-hydrogen) atoms. The molecule has 5 nitrogen and oxygen atoms in total. The van der Waals surface area contributed by atoms with Crippen LogP contribution in [0.3, 0.4) is 0 Å². The van der Waals surface area contributed by atoms with Gasteiger partial charge in [0.2, 0.25) is 0 Å². The number of anilines is 2. The molecule has 2 aromatic carbocycles. The first-order valence-electron chi connectivity index (χ1n) is 8.39. The van der Waals surface area contributed by atoms with Crippen LogP contribution in [0.15, 0.2) is 66.4 Å². The lowest BCUT2D eigenvalue weighted by molar-refractivity contribution is -0.127. The Morgan fingerprint density at radius 2 is 1.69 bits per heavy atom. The molecule has 2 aromatic rings. The highest BCUT2D eigenvalue weighted by Crippen LogP contribution is 2.18. The summed E-state index contributed by atoms with van der Waals surface area (Å²) < 4.78 is 13.0. The molecule has 1 N–H and O–H groups in total. The smallest absolute Gasteiger partial charge is 0.266 e. The summed E-state index contributed by atoms with van der Waals surface area (Å²) in [6.45, 7) is 2.31. The molecule has 3 rings (SSSR count). The number of rotatable bonds is 4. The number of carbonyl (C=O) groups is 1. The highest BCUT2D eigenvalue weighted by molar-refractivity contribution is 5.97. The van der Waals surface area contributed by atoms with Gasteiger partial charge in [-0.3, -0.25) is 4.79 Å². The maximum absolute atomic E-state index is 13.0. The van der Waals surface area contributed by atoms with Gasteiger partial charge >= 0.3 is 0 Å². The molecule has 1 amide bonds. The highest BCUT2D eigenvalue weighted by Gasteiger charge is 2.23. The van der Waals surface area contributed by atoms with Crippen molar-refractivity contribution < 1.29 is 9.18 Å². The predicted octanol–water partition coefficient (Wildman–Crippen LogP) is 2.99. The Morgan fingerprint density at radius 3 is 2.31 bits per heavy atom. The Kier molecular flexibility index (Phi) is 5.49. The number of benzene rings is 2. The molecule has 0 radical (unpaired) electrons. The third kappa shape index (κ3) is 4.19. The molecule has 0 spiro atoms. The van der Waals surface area contributed by atoms with Crippen LogP contribution >= 0.6 is 0 Å². The number of halogens is 1. The number of piperazine rings is 1. The minimum absolute atomic E-state index is 0.0732. The average Bonchev–Trinajstić information content (AvgIpc) is 2.70. The summed E-state index contributed by atoms with van der Waals surface area (Å²) >= 11 is 0. The number of nitrogens with zero attached hydrogens (tertiary/aromatic N) is 3. The molecule has 6 heteroatoms. The topological polar surface area (TPSA) is 59.4 Å². The normalized spacial score (nSPS) is 14.7. The maximum atomic E-state index is 13.0. The third-order valence-corrected chi connectivity index (χ3v) is 4.27. The van der Waals surface area contributed by atoms with Gasteiger partial charge in [0.25, 0.3) is 5.91 Å². The Labute approximate surface area is 152 Å². The zero-order valence-electron chi connectivity index (χ0n) is 14.2. The number of carbonyl (C=O) groups excluding carboxylic acids is 1. The molecule has 0 unspecified atom stereocenters. The molecule has 0 bridgehead atoms. The summed E-state index contributed by atoms with van der Waals surface area (Å²) in [7, 11) is 0. The number of hydrogen-bond acceptors (Lipinski definition) is 4. The van der Waals surface area contributed by atoms with Crippen LogP contribution in [0, 0.1) is 17.1 Å². The van der Waals surface area contributed by atoms with Gasteiger partial charge in [-0.1, -0.05) is 18.2 Å². The fraction of sp³-hybridized carbons (Fsp3) is 0.200. The van der Waals surface area contributed by atoms with Crippen LogP contribution in [0.25, 0.3) is 0 Å². The van der Waals surface area contributed by atoms with E-state index in [1.54, 1.807) is 17.0 Å². The van der Waals surface area contributed by atoms with Gasteiger partial charge in [-0.25, -0.2) is 4.39 Å². The molecule has 1 aliphatic heterocycles. The summed E-state index contributed by atoms with van der Waals surface area (Å²) in [5, 5.41) is 12.3. The minimum Gasteiger partial charge on any atom is -0.368 e. The van der Waals surface area contributed by atoms with Gasteiger partial charge in [0, 0.05) is 43.8 Å². The molecule has 0 saturated carbocycles. The molecule has 1 fully saturated rings. The second-order valence-corrected chi connectivity index (χ2v) is 5.94. The molecule has 132 valence electrons. The van der Waals surface area contributed by atoms with E-state index in [1.807, 2.05) is 36.4 Å². The van der Waals surface area contributed by atoms with E-state index in [-0.39, 0.29) is 17.3 Å². The summed E-state index contributed by atoms with van der Waals surface area (Å²) in [6, 6.07) is 17.7. The van der Waals surface area contributed by atoms with Crippen molar-refractivity contribution in [3.05, 3.63) is 72.2 Å². The van der Waals surface area contributed by atoms with E-state index in [2.05, 4.69) is 10.2 Å². The van der Waals surface area contributed by atoms with Crippen molar-refractivity contribution in [2.24, 2.45) is 0 Å². The van der Waals surface area contributed by atoms with Gasteiger partial charge in [-0.2, -0.15) is 5.26 Å². The van der Waals surface area contributed by atoms with Crippen LogP contribution in [-0.4, -0.2) is 37.0 Å². The fourth-order valence-corrected chi connectivity index (χ4v) is 2.82. The minimum atomic E-state index is -0.283. The van der Waals surface area contributed by atoms with Crippen molar-refractivity contribution in [2.75, 3.05) is 36.4 Å². The number of nitriles is 1. The van der Waals surface area contributed by atoms with Crippen molar-refractivity contribution >= 4 is 17.3 Å². The lowest BCUT2D eigenvalue weighted by Crippen LogP contribution is -2.49. The summed E-state index contributed by atoms with van der Waals surface area (Å²) in [5.41, 5.74) is 1.82. The number of nitrogens with one attached hydrogen (secondary N) is 1. The largest absolute Gasteiger partial charge is 0.368 e. The van der Waals surface area contributed by atoms with Crippen LogP contribution in [0.1, 0.15) is 0 Å². The Hall–Kier alpha value is -3.33. The molecular formula is C20H19FN4O. The quantitative estimate of drug-likeness (QED) is 0.680. The Balaban J connectivity index is 1.60. The van der Waals surface area contributed by atoms with E-state index >= 15 is 0 Å². The van der Waals surface area contributed by atoms with Gasteiger partial charge in [0.1, 0.15) is 17.5 Å². The van der Waals surface area contributed by atoms with E-state index in [9.17, 15) is 14.4 Å². The van der Waals surface area contributed by atoms with Crippen LogP contribution in [0.4, 0.5) is 15.8 Å². The highest BCUT2D eigenvalue weighted by atomic mass is 19.1. The second-order valence-electron chi connectivity index (χ2n) is 5.94. The lowest BCUT2D eigenvalue weighted by Gasteiger charge is -2.36. The molecule has 1 saturated heterocycles. The monoisotopic (exact) mass is 350 g/mol. The van der Waals surface area contributed by atoms with Crippen molar-refractivity contribution in [1.29, 1.82) is 5.26 Å². The van der Waals surface area contributed by atoms with Crippen molar-refractivity contribution in [1.82, 2.24) is 4.90 Å². The number of hydrogen-bond donors (Lipinski definition) is 1. The van der Waals surface area contributed by atoms with Gasteiger partial charge in [-0.15, -0.1) is 0 Å². The fourth-order valence-electron chi connectivity index (χ4n) is 2.82. The van der Waals surface area contributed by atoms with Crippen LogP contribution < -0.4 is 10.2 Å². The zero-order chi connectivity index (χ0) is 18.4. The second kappa shape index (κ2) is 8.17. The average molecular weight is 350 g/mol. The van der Waals surface area contributed by atoms with Gasteiger partial charge in [0.05, 0.1) is 0 Å². The first kappa shape index (κ1) is 17.5.